The number of hydrogen-bond acceptors (Lipinski definition) is 3. The third-order valence-corrected chi connectivity index (χ3v) is 3.06. The third kappa shape index (κ3) is 2.89. The first-order valence-corrected chi connectivity index (χ1v) is 6.04. The van der Waals surface area contributed by atoms with E-state index in [2.05, 4.69) is 22.9 Å². The zero-order valence-corrected chi connectivity index (χ0v) is 11.5. The first-order chi connectivity index (χ1) is 7.63. The number of benzene rings is 1. The van der Waals surface area contributed by atoms with Gasteiger partial charge in [-0.2, -0.15) is 0 Å². The lowest BCUT2D eigenvalue weighted by atomic mass is 9.96. The van der Waals surface area contributed by atoms with Crippen molar-refractivity contribution in [1.29, 1.82) is 0 Å². The van der Waals surface area contributed by atoms with E-state index in [1.54, 1.807) is 14.2 Å². The molecule has 0 amide bonds. The minimum absolute atomic E-state index is 0.322. The molecule has 16 heavy (non-hydrogen) atoms. The van der Waals surface area contributed by atoms with Crippen LogP contribution in [0.1, 0.15) is 24.8 Å². The summed E-state index contributed by atoms with van der Waals surface area (Å²) < 4.78 is 11.7. The molecule has 1 unspecified atom stereocenters. The van der Waals surface area contributed by atoms with Crippen molar-refractivity contribution in [2.45, 2.75) is 19.3 Å². The maximum Gasteiger partial charge on any atom is 0.127 e. The summed E-state index contributed by atoms with van der Waals surface area (Å²) >= 11 is 3.43. The van der Waals surface area contributed by atoms with Gasteiger partial charge in [-0.25, -0.2) is 0 Å². The van der Waals surface area contributed by atoms with Crippen LogP contribution < -0.4 is 15.2 Å². The number of ether oxygens (including phenoxy) is 2. The number of halogens is 1. The van der Waals surface area contributed by atoms with E-state index >= 15 is 0 Å². The van der Waals surface area contributed by atoms with Crippen molar-refractivity contribution in [2.75, 3.05) is 20.8 Å². The fourth-order valence-electron chi connectivity index (χ4n) is 1.79. The summed E-state index contributed by atoms with van der Waals surface area (Å²) in [4.78, 5) is 0. The number of hydrogen-bond donors (Lipinski definition) is 1. The molecule has 0 saturated heterocycles. The SMILES string of the molecule is COc1cc(Br)cc(OC)c1C(C)CCN. The van der Waals surface area contributed by atoms with Gasteiger partial charge in [-0.05, 0) is 31.0 Å². The lowest BCUT2D eigenvalue weighted by Crippen LogP contribution is -2.07. The Morgan fingerprint density at radius 2 is 1.75 bits per heavy atom. The average Bonchev–Trinajstić information content (AvgIpc) is 2.27. The van der Waals surface area contributed by atoms with Gasteiger partial charge < -0.3 is 15.2 Å². The molecule has 1 atom stereocenters. The molecule has 1 aromatic carbocycles. The molecule has 2 N–H and O–H groups in total. The van der Waals surface area contributed by atoms with Gasteiger partial charge in [0.05, 0.1) is 14.2 Å². The zero-order chi connectivity index (χ0) is 12.1. The van der Waals surface area contributed by atoms with Crippen molar-refractivity contribution < 1.29 is 9.47 Å². The van der Waals surface area contributed by atoms with E-state index in [0.717, 1.165) is 28.0 Å². The second kappa shape index (κ2) is 6.11. The highest BCUT2D eigenvalue weighted by Crippen LogP contribution is 2.39. The fourth-order valence-corrected chi connectivity index (χ4v) is 2.20. The summed E-state index contributed by atoms with van der Waals surface area (Å²) in [7, 11) is 3.33. The Labute approximate surface area is 105 Å². The molecule has 1 aromatic rings. The van der Waals surface area contributed by atoms with Crippen LogP contribution >= 0.6 is 15.9 Å². The van der Waals surface area contributed by atoms with Crippen molar-refractivity contribution >= 4 is 15.9 Å². The summed E-state index contributed by atoms with van der Waals surface area (Å²) in [5.74, 6) is 2.00. The predicted molar refractivity (Wildman–Crippen MR) is 69.3 cm³/mol. The molecule has 0 saturated carbocycles. The van der Waals surface area contributed by atoms with Crippen LogP contribution in [-0.2, 0) is 0 Å². The van der Waals surface area contributed by atoms with Gasteiger partial charge >= 0.3 is 0 Å². The van der Waals surface area contributed by atoms with Crippen molar-refractivity contribution in [3.63, 3.8) is 0 Å². The summed E-state index contributed by atoms with van der Waals surface area (Å²) in [6.45, 7) is 2.78. The first-order valence-electron chi connectivity index (χ1n) is 5.25. The van der Waals surface area contributed by atoms with Crippen LogP contribution in [0.25, 0.3) is 0 Å². The average molecular weight is 288 g/mol. The van der Waals surface area contributed by atoms with E-state index in [1.807, 2.05) is 12.1 Å². The van der Waals surface area contributed by atoms with E-state index in [0.29, 0.717) is 12.5 Å². The second-order valence-corrected chi connectivity index (χ2v) is 4.62. The smallest absolute Gasteiger partial charge is 0.127 e. The molecular weight excluding hydrogens is 270 g/mol. The highest BCUT2D eigenvalue weighted by molar-refractivity contribution is 9.10. The van der Waals surface area contributed by atoms with Gasteiger partial charge in [-0.1, -0.05) is 22.9 Å². The lowest BCUT2D eigenvalue weighted by Gasteiger charge is -2.19. The van der Waals surface area contributed by atoms with Crippen molar-refractivity contribution in [3.8, 4) is 11.5 Å². The number of nitrogens with two attached hydrogens (primary N) is 1. The van der Waals surface area contributed by atoms with E-state index in [9.17, 15) is 0 Å². The van der Waals surface area contributed by atoms with Crippen LogP contribution in [0, 0.1) is 0 Å². The van der Waals surface area contributed by atoms with Gasteiger partial charge in [-0.3, -0.25) is 0 Å². The zero-order valence-electron chi connectivity index (χ0n) is 9.92. The van der Waals surface area contributed by atoms with E-state index in [1.165, 1.54) is 0 Å². The van der Waals surface area contributed by atoms with Crippen molar-refractivity contribution in [2.24, 2.45) is 5.73 Å². The molecule has 0 aromatic heterocycles. The standard InChI is InChI=1S/C12H18BrNO2/c1-8(4-5-14)12-10(15-2)6-9(13)7-11(12)16-3/h6-8H,4-5,14H2,1-3H3. The summed E-state index contributed by atoms with van der Waals surface area (Å²) in [5.41, 5.74) is 6.67. The van der Waals surface area contributed by atoms with Gasteiger partial charge in [0.25, 0.3) is 0 Å². The highest BCUT2D eigenvalue weighted by atomic mass is 79.9. The van der Waals surface area contributed by atoms with Crippen LogP contribution in [-0.4, -0.2) is 20.8 Å². The van der Waals surface area contributed by atoms with Gasteiger partial charge in [0.1, 0.15) is 11.5 Å². The Kier molecular flexibility index (Phi) is 5.09. The molecule has 0 fully saturated rings. The molecule has 0 spiro atoms. The quantitative estimate of drug-likeness (QED) is 0.906. The minimum Gasteiger partial charge on any atom is -0.496 e. The third-order valence-electron chi connectivity index (χ3n) is 2.60. The fraction of sp³-hybridized carbons (Fsp3) is 0.500. The van der Waals surface area contributed by atoms with Crippen LogP contribution in [0.3, 0.4) is 0 Å². The van der Waals surface area contributed by atoms with Gasteiger partial charge in [0.2, 0.25) is 0 Å². The molecule has 0 bridgehead atoms. The summed E-state index contributed by atoms with van der Waals surface area (Å²) in [6.07, 6.45) is 0.911. The molecule has 0 aliphatic rings. The lowest BCUT2D eigenvalue weighted by molar-refractivity contribution is 0.378. The van der Waals surface area contributed by atoms with Crippen LogP contribution in [0.4, 0.5) is 0 Å². The monoisotopic (exact) mass is 287 g/mol. The van der Waals surface area contributed by atoms with E-state index < -0.39 is 0 Å². The van der Waals surface area contributed by atoms with Crippen molar-refractivity contribution in [3.05, 3.63) is 22.2 Å². The number of rotatable bonds is 5. The molecule has 0 radical (unpaired) electrons. The molecule has 0 aliphatic heterocycles. The maximum absolute atomic E-state index is 5.59. The molecule has 3 nitrogen and oxygen atoms in total. The van der Waals surface area contributed by atoms with Gasteiger partial charge in [0, 0.05) is 10.0 Å². The Bertz CT molecular complexity index is 330. The molecule has 1 rings (SSSR count). The molecule has 90 valence electrons. The van der Waals surface area contributed by atoms with Gasteiger partial charge in [-0.15, -0.1) is 0 Å². The number of methoxy groups -OCH3 is 2. The highest BCUT2D eigenvalue weighted by Gasteiger charge is 2.17. The first kappa shape index (κ1) is 13.3. The Morgan fingerprint density at radius 1 is 1.25 bits per heavy atom. The summed E-state index contributed by atoms with van der Waals surface area (Å²) in [6, 6.07) is 3.90. The van der Waals surface area contributed by atoms with E-state index in [-0.39, 0.29) is 0 Å². The minimum atomic E-state index is 0.322. The molecule has 0 heterocycles. The van der Waals surface area contributed by atoms with Crippen LogP contribution in [0.15, 0.2) is 16.6 Å². The van der Waals surface area contributed by atoms with Crippen LogP contribution in [0.2, 0.25) is 0 Å². The molecular formula is C12H18BrNO2. The second-order valence-electron chi connectivity index (χ2n) is 3.70. The molecule has 4 heteroatoms. The maximum atomic E-state index is 5.59. The predicted octanol–water partition coefficient (Wildman–Crippen LogP) is 2.92. The Hall–Kier alpha value is -0.740. The van der Waals surface area contributed by atoms with Crippen molar-refractivity contribution in [1.82, 2.24) is 0 Å². The summed E-state index contributed by atoms with van der Waals surface area (Å²) in [5, 5.41) is 0. The molecule has 0 aliphatic carbocycles. The Balaban J connectivity index is 3.21. The van der Waals surface area contributed by atoms with E-state index in [4.69, 9.17) is 15.2 Å². The topological polar surface area (TPSA) is 44.5 Å². The Morgan fingerprint density at radius 3 is 2.12 bits per heavy atom. The largest absolute Gasteiger partial charge is 0.496 e. The normalized spacial score (nSPS) is 12.3. The van der Waals surface area contributed by atoms with Crippen LogP contribution in [0.5, 0.6) is 11.5 Å². The van der Waals surface area contributed by atoms with Gasteiger partial charge in [0.15, 0.2) is 0 Å².